The van der Waals surface area contributed by atoms with E-state index >= 15 is 0 Å². The molecule has 110 valence electrons. The maximum absolute atomic E-state index is 11.2. The zero-order valence-corrected chi connectivity index (χ0v) is 11.8. The number of aromatic nitrogens is 1. The molecule has 0 bridgehead atoms. The highest BCUT2D eigenvalue weighted by atomic mass is 16.6. The van der Waals surface area contributed by atoms with Gasteiger partial charge in [-0.15, -0.1) is 0 Å². The van der Waals surface area contributed by atoms with E-state index in [-0.39, 0.29) is 24.0 Å². The van der Waals surface area contributed by atoms with Crippen molar-refractivity contribution in [1.82, 2.24) is 4.98 Å². The Balaban J connectivity index is 3.27. The lowest BCUT2D eigenvalue weighted by molar-refractivity contribution is -0.384. The van der Waals surface area contributed by atoms with Crippen LogP contribution in [0.25, 0.3) is 0 Å². The van der Waals surface area contributed by atoms with E-state index in [1.54, 1.807) is 7.05 Å². The van der Waals surface area contributed by atoms with Crippen molar-refractivity contribution in [2.24, 2.45) is 11.7 Å². The van der Waals surface area contributed by atoms with E-state index in [2.05, 4.69) is 10.3 Å². The number of primary amides is 1. The largest absolute Gasteiger partial charge is 0.373 e. The molecule has 0 saturated carbocycles. The molecule has 1 rings (SSSR count). The average Bonchev–Trinajstić information content (AvgIpc) is 2.36. The van der Waals surface area contributed by atoms with Gasteiger partial charge in [-0.05, 0) is 12.0 Å². The van der Waals surface area contributed by atoms with Crippen molar-refractivity contribution in [1.29, 1.82) is 0 Å². The van der Waals surface area contributed by atoms with Crippen molar-refractivity contribution in [3.8, 4) is 0 Å². The minimum Gasteiger partial charge on any atom is -0.373 e. The van der Waals surface area contributed by atoms with E-state index in [0.29, 0.717) is 12.4 Å². The molecule has 8 heteroatoms. The van der Waals surface area contributed by atoms with E-state index in [0.717, 1.165) is 0 Å². The molecule has 0 radical (unpaired) electrons. The van der Waals surface area contributed by atoms with Gasteiger partial charge < -0.3 is 16.0 Å². The highest BCUT2D eigenvalue weighted by Gasteiger charge is 2.23. The summed E-state index contributed by atoms with van der Waals surface area (Å²) in [5.74, 6) is 0.281. The van der Waals surface area contributed by atoms with Gasteiger partial charge in [-0.2, -0.15) is 0 Å². The number of hydrogen-bond donors (Lipinski definition) is 2. The van der Waals surface area contributed by atoms with Gasteiger partial charge in [-0.25, -0.2) is 4.98 Å². The summed E-state index contributed by atoms with van der Waals surface area (Å²) < 4.78 is 0. The molecule has 0 saturated heterocycles. The van der Waals surface area contributed by atoms with Crippen LogP contribution in [-0.2, 0) is 4.79 Å². The van der Waals surface area contributed by atoms with Crippen molar-refractivity contribution in [2.75, 3.05) is 30.4 Å². The lowest BCUT2D eigenvalue weighted by Crippen LogP contribution is -2.37. The van der Waals surface area contributed by atoms with Gasteiger partial charge in [0.05, 0.1) is 11.5 Å². The number of nitrogens with two attached hydrogens (primary N) is 1. The molecule has 3 N–H and O–H groups in total. The quantitative estimate of drug-likeness (QED) is 0.568. The van der Waals surface area contributed by atoms with Gasteiger partial charge in [-0.1, -0.05) is 13.8 Å². The highest BCUT2D eigenvalue weighted by Crippen LogP contribution is 2.28. The molecular weight excluding hydrogens is 262 g/mol. The normalized spacial score (nSPS) is 10.4. The minimum atomic E-state index is -0.559. The molecule has 0 aliphatic carbocycles. The zero-order chi connectivity index (χ0) is 15.3. The highest BCUT2D eigenvalue weighted by molar-refractivity contribution is 5.80. The van der Waals surface area contributed by atoms with Crippen LogP contribution in [0.3, 0.4) is 0 Å². The number of carbonyl (C=O) groups excluding carboxylic acids is 1. The van der Waals surface area contributed by atoms with Gasteiger partial charge in [0.2, 0.25) is 11.7 Å². The third-order valence-electron chi connectivity index (χ3n) is 2.54. The third-order valence-corrected chi connectivity index (χ3v) is 2.54. The number of rotatable bonds is 7. The fourth-order valence-corrected chi connectivity index (χ4v) is 1.81. The fraction of sp³-hybridized carbons (Fsp3) is 0.500. The minimum absolute atomic E-state index is 0.112. The first kappa shape index (κ1) is 15.7. The summed E-state index contributed by atoms with van der Waals surface area (Å²) in [7, 11) is 1.67. The number of amides is 1. The van der Waals surface area contributed by atoms with Gasteiger partial charge in [0.15, 0.2) is 0 Å². The van der Waals surface area contributed by atoms with Gasteiger partial charge in [-0.3, -0.25) is 14.9 Å². The second kappa shape index (κ2) is 6.69. The van der Waals surface area contributed by atoms with Crippen LogP contribution in [-0.4, -0.2) is 36.0 Å². The molecule has 0 fully saturated rings. The molecule has 0 aliphatic heterocycles. The number of nitrogens with one attached hydrogen (secondary N) is 1. The maximum atomic E-state index is 11.2. The Labute approximate surface area is 117 Å². The van der Waals surface area contributed by atoms with Crippen LogP contribution in [0.5, 0.6) is 0 Å². The van der Waals surface area contributed by atoms with Crippen LogP contribution in [0.4, 0.5) is 17.3 Å². The summed E-state index contributed by atoms with van der Waals surface area (Å²) in [5, 5.41) is 13.9. The lowest BCUT2D eigenvalue weighted by Gasteiger charge is -2.24. The van der Waals surface area contributed by atoms with E-state index in [4.69, 9.17) is 5.73 Å². The van der Waals surface area contributed by atoms with E-state index in [1.165, 1.54) is 17.0 Å². The van der Waals surface area contributed by atoms with Gasteiger partial charge in [0.1, 0.15) is 5.82 Å². The molecule has 20 heavy (non-hydrogen) atoms. The van der Waals surface area contributed by atoms with Crippen molar-refractivity contribution in [2.45, 2.75) is 13.8 Å². The number of nitro groups is 1. The van der Waals surface area contributed by atoms with E-state index in [9.17, 15) is 14.9 Å². The first-order chi connectivity index (χ1) is 9.35. The van der Waals surface area contributed by atoms with Crippen molar-refractivity contribution >= 4 is 23.2 Å². The third kappa shape index (κ3) is 4.08. The molecule has 1 aromatic rings. The standard InChI is InChI=1S/C12H19N5O3/c1-8(2)6-16(7-10(13)18)12-9(17(19)20)4-5-11(14-3)15-12/h4-5,8H,6-7H2,1-3H3,(H2,13,18)(H,14,15). The molecular formula is C12H19N5O3. The Kier molecular flexibility index (Phi) is 5.24. The Morgan fingerprint density at radius 1 is 1.55 bits per heavy atom. The molecule has 0 spiro atoms. The Hall–Kier alpha value is -2.38. The molecule has 1 amide bonds. The average molecular weight is 281 g/mol. The Bertz CT molecular complexity index is 504. The van der Waals surface area contributed by atoms with E-state index < -0.39 is 10.8 Å². The van der Waals surface area contributed by atoms with Gasteiger partial charge in [0.25, 0.3) is 0 Å². The van der Waals surface area contributed by atoms with Crippen LogP contribution < -0.4 is 16.0 Å². The predicted octanol–water partition coefficient (Wildman–Crippen LogP) is 0.979. The number of nitrogens with zero attached hydrogens (tertiary/aromatic N) is 3. The summed E-state index contributed by atoms with van der Waals surface area (Å²) in [6.45, 7) is 4.23. The first-order valence-electron chi connectivity index (χ1n) is 6.21. The molecule has 1 aromatic heterocycles. The number of hydrogen-bond acceptors (Lipinski definition) is 6. The molecule has 8 nitrogen and oxygen atoms in total. The number of anilines is 2. The second-order valence-electron chi connectivity index (χ2n) is 4.79. The monoisotopic (exact) mass is 281 g/mol. The Morgan fingerprint density at radius 2 is 2.20 bits per heavy atom. The molecule has 1 heterocycles. The van der Waals surface area contributed by atoms with Crippen molar-refractivity contribution < 1.29 is 9.72 Å². The molecule has 0 aromatic carbocycles. The van der Waals surface area contributed by atoms with E-state index in [1.807, 2.05) is 13.8 Å². The van der Waals surface area contributed by atoms with Crippen LogP contribution in [0, 0.1) is 16.0 Å². The van der Waals surface area contributed by atoms with Crippen LogP contribution in [0.2, 0.25) is 0 Å². The summed E-state index contributed by atoms with van der Waals surface area (Å²) in [5.41, 5.74) is 5.06. The van der Waals surface area contributed by atoms with Crippen molar-refractivity contribution in [3.05, 3.63) is 22.2 Å². The second-order valence-corrected chi connectivity index (χ2v) is 4.79. The molecule has 0 aliphatic rings. The van der Waals surface area contributed by atoms with Crippen LogP contribution in [0.1, 0.15) is 13.8 Å². The molecule has 0 unspecified atom stereocenters. The summed E-state index contributed by atoms with van der Waals surface area (Å²) in [6, 6.07) is 2.88. The van der Waals surface area contributed by atoms with Crippen LogP contribution in [0.15, 0.2) is 12.1 Å². The fourth-order valence-electron chi connectivity index (χ4n) is 1.81. The smallest absolute Gasteiger partial charge is 0.311 e. The van der Waals surface area contributed by atoms with Crippen molar-refractivity contribution in [3.63, 3.8) is 0 Å². The first-order valence-corrected chi connectivity index (χ1v) is 6.21. The van der Waals surface area contributed by atoms with Gasteiger partial charge >= 0.3 is 5.69 Å². The lowest BCUT2D eigenvalue weighted by atomic mass is 10.2. The maximum Gasteiger partial charge on any atom is 0.311 e. The topological polar surface area (TPSA) is 114 Å². The number of carbonyl (C=O) groups is 1. The number of pyridine rings is 1. The summed E-state index contributed by atoms with van der Waals surface area (Å²) in [6.07, 6.45) is 0. The SMILES string of the molecule is CNc1ccc([N+](=O)[O-])c(N(CC(N)=O)CC(C)C)n1. The van der Waals surface area contributed by atoms with Gasteiger partial charge in [0, 0.05) is 19.7 Å². The molecule has 0 atom stereocenters. The Morgan fingerprint density at radius 3 is 2.65 bits per heavy atom. The zero-order valence-electron chi connectivity index (χ0n) is 11.8. The van der Waals surface area contributed by atoms with Crippen LogP contribution >= 0.6 is 0 Å². The summed E-state index contributed by atoms with van der Waals surface area (Å²) >= 11 is 0. The summed E-state index contributed by atoms with van der Waals surface area (Å²) in [4.78, 5) is 27.5. The predicted molar refractivity (Wildman–Crippen MR) is 76.7 cm³/mol.